The monoisotopic (exact) mass is 257 g/mol. The number of carbonyl (C=O) groups excluding carboxylic acids is 1. The van der Waals surface area contributed by atoms with Crippen LogP contribution in [0.1, 0.15) is 32.3 Å². The van der Waals surface area contributed by atoms with Gasteiger partial charge in [-0.25, -0.2) is 8.78 Å². The second-order valence-corrected chi connectivity index (χ2v) is 4.15. The number of rotatable bonds is 5. The van der Waals surface area contributed by atoms with Gasteiger partial charge in [0.25, 0.3) is 0 Å². The van der Waals surface area contributed by atoms with Gasteiger partial charge in [0.15, 0.2) is 11.6 Å². The van der Waals surface area contributed by atoms with Crippen LogP contribution in [0.15, 0.2) is 18.2 Å². The zero-order valence-corrected chi connectivity index (χ0v) is 11.2. The van der Waals surface area contributed by atoms with E-state index in [1.54, 1.807) is 13.8 Å². The Morgan fingerprint density at radius 2 is 1.94 bits per heavy atom. The fourth-order valence-electron chi connectivity index (χ4n) is 1.17. The van der Waals surface area contributed by atoms with E-state index in [1.165, 1.54) is 12.5 Å². The van der Waals surface area contributed by atoms with Crippen LogP contribution < -0.4 is 5.32 Å². The summed E-state index contributed by atoms with van der Waals surface area (Å²) in [5.41, 5.74) is 0.730. The van der Waals surface area contributed by atoms with Gasteiger partial charge >= 0.3 is 0 Å². The summed E-state index contributed by atoms with van der Waals surface area (Å²) in [6.45, 7) is 6.94. The van der Waals surface area contributed by atoms with Crippen LogP contribution in [-0.2, 0) is 4.79 Å². The molecule has 0 aliphatic carbocycles. The number of hydrogen-bond donors (Lipinski definition) is 1. The van der Waals surface area contributed by atoms with E-state index in [4.69, 9.17) is 0 Å². The molecule has 4 heteroatoms. The number of aryl methyl sites for hydroxylation is 1. The Morgan fingerprint density at radius 3 is 2.39 bits per heavy atom. The van der Waals surface area contributed by atoms with Gasteiger partial charge < -0.3 is 5.32 Å². The normalized spacial score (nSPS) is 9.61. The van der Waals surface area contributed by atoms with E-state index in [0.717, 1.165) is 30.7 Å². The predicted molar refractivity (Wildman–Crippen MR) is 69.6 cm³/mol. The molecule has 1 aromatic carbocycles. The highest BCUT2D eigenvalue weighted by molar-refractivity contribution is 5.77. The topological polar surface area (TPSA) is 29.1 Å². The van der Waals surface area contributed by atoms with Crippen LogP contribution in [0.3, 0.4) is 0 Å². The lowest BCUT2D eigenvalue weighted by Gasteiger charge is -1.97. The summed E-state index contributed by atoms with van der Waals surface area (Å²) in [4.78, 5) is 10.3. The van der Waals surface area contributed by atoms with Crippen molar-refractivity contribution < 1.29 is 13.6 Å². The molecule has 0 fully saturated rings. The van der Waals surface area contributed by atoms with Gasteiger partial charge in [-0.05, 0) is 44.5 Å². The first-order valence-corrected chi connectivity index (χ1v) is 6.09. The highest BCUT2D eigenvalue weighted by Gasteiger charge is 1.97. The zero-order chi connectivity index (χ0) is 14.0. The summed E-state index contributed by atoms with van der Waals surface area (Å²) in [6, 6.07) is 3.80. The average Bonchev–Trinajstić information content (AvgIpc) is 2.31. The molecule has 2 nitrogen and oxygen atoms in total. The molecule has 0 unspecified atom stereocenters. The smallest absolute Gasteiger partial charge is 0.159 e. The van der Waals surface area contributed by atoms with Crippen molar-refractivity contribution in [2.24, 2.45) is 0 Å². The Bertz CT molecular complexity index is 367. The largest absolute Gasteiger partial charge is 0.310 e. The van der Waals surface area contributed by atoms with Gasteiger partial charge in [-0.2, -0.15) is 0 Å². The van der Waals surface area contributed by atoms with Crippen molar-refractivity contribution in [3.63, 3.8) is 0 Å². The lowest BCUT2D eigenvalue weighted by atomic mass is 10.2. The van der Waals surface area contributed by atoms with Gasteiger partial charge in [-0.1, -0.05) is 19.4 Å². The summed E-state index contributed by atoms with van der Waals surface area (Å²) in [5, 5.41) is 3.04. The van der Waals surface area contributed by atoms with Crippen LogP contribution in [0.4, 0.5) is 8.78 Å². The summed E-state index contributed by atoms with van der Waals surface area (Å²) >= 11 is 0. The van der Waals surface area contributed by atoms with E-state index in [9.17, 15) is 13.6 Å². The van der Waals surface area contributed by atoms with Crippen molar-refractivity contribution in [2.75, 3.05) is 13.1 Å². The number of hydrogen-bond acceptors (Lipinski definition) is 2. The molecule has 1 aromatic rings. The molecule has 0 amide bonds. The van der Waals surface area contributed by atoms with E-state index < -0.39 is 11.6 Å². The van der Waals surface area contributed by atoms with Gasteiger partial charge in [0.05, 0.1) is 6.54 Å². The quantitative estimate of drug-likeness (QED) is 0.820. The van der Waals surface area contributed by atoms with E-state index in [1.807, 2.05) is 0 Å². The fourth-order valence-corrected chi connectivity index (χ4v) is 1.17. The van der Waals surface area contributed by atoms with Crippen molar-refractivity contribution in [3.05, 3.63) is 35.4 Å². The number of carbonyl (C=O) groups is 1. The maximum Gasteiger partial charge on any atom is 0.159 e. The van der Waals surface area contributed by atoms with Crippen LogP contribution in [0, 0.1) is 18.6 Å². The molecule has 102 valence electrons. The van der Waals surface area contributed by atoms with Crippen LogP contribution in [0.5, 0.6) is 0 Å². The molecule has 0 saturated carbocycles. The molecule has 0 heterocycles. The molecule has 0 spiro atoms. The molecule has 0 radical (unpaired) electrons. The molecule has 0 bridgehead atoms. The van der Waals surface area contributed by atoms with Crippen molar-refractivity contribution in [2.45, 2.75) is 33.6 Å². The number of Topliss-reactive ketones (excluding diaryl/α,β-unsaturated/α-hetero) is 1. The van der Waals surface area contributed by atoms with Crippen molar-refractivity contribution in [3.8, 4) is 0 Å². The SMILES string of the molecule is CCCCNCC(C)=O.Cc1ccc(F)c(F)c1. The number of halogens is 2. The van der Waals surface area contributed by atoms with Crippen LogP contribution in [-0.4, -0.2) is 18.9 Å². The second-order valence-electron chi connectivity index (χ2n) is 4.15. The van der Waals surface area contributed by atoms with E-state index in [2.05, 4.69) is 12.2 Å². The third-order valence-corrected chi connectivity index (χ3v) is 2.16. The van der Waals surface area contributed by atoms with Gasteiger partial charge in [0.1, 0.15) is 5.78 Å². The lowest BCUT2D eigenvalue weighted by Crippen LogP contribution is -2.21. The minimum Gasteiger partial charge on any atom is -0.310 e. The summed E-state index contributed by atoms with van der Waals surface area (Å²) < 4.78 is 24.3. The second kappa shape index (κ2) is 9.71. The number of benzene rings is 1. The maximum atomic E-state index is 12.2. The van der Waals surface area contributed by atoms with Gasteiger partial charge in [-0.3, -0.25) is 4.79 Å². The summed E-state index contributed by atoms with van der Waals surface area (Å²) in [7, 11) is 0. The Labute approximate surface area is 107 Å². The molecule has 1 rings (SSSR count). The molecule has 0 saturated heterocycles. The molecule has 18 heavy (non-hydrogen) atoms. The molecule has 0 aliphatic rings. The minimum absolute atomic E-state index is 0.214. The standard InChI is InChI=1S/C7H6F2.C7H15NO/c1-5-2-3-6(8)7(9)4-5;1-3-4-5-8-6-7(2)9/h2-4H,1H3;8H,3-6H2,1-2H3. The highest BCUT2D eigenvalue weighted by Crippen LogP contribution is 2.06. The highest BCUT2D eigenvalue weighted by atomic mass is 19.2. The number of ketones is 1. The molecule has 0 atom stereocenters. The average molecular weight is 257 g/mol. The van der Waals surface area contributed by atoms with Gasteiger partial charge in [0, 0.05) is 0 Å². The van der Waals surface area contributed by atoms with Crippen LogP contribution >= 0.6 is 0 Å². The van der Waals surface area contributed by atoms with E-state index in [-0.39, 0.29) is 5.78 Å². The van der Waals surface area contributed by atoms with Crippen LogP contribution in [0.2, 0.25) is 0 Å². The molecule has 0 aromatic heterocycles. The number of unbranched alkanes of at least 4 members (excludes halogenated alkanes) is 1. The molecule has 1 N–H and O–H groups in total. The Balaban J connectivity index is 0.000000321. The van der Waals surface area contributed by atoms with E-state index >= 15 is 0 Å². The summed E-state index contributed by atoms with van der Waals surface area (Å²) in [6.07, 6.45) is 2.35. The first-order valence-electron chi connectivity index (χ1n) is 6.09. The first-order chi connectivity index (χ1) is 8.47. The minimum atomic E-state index is -0.791. The Morgan fingerprint density at radius 1 is 1.28 bits per heavy atom. The molecular formula is C14H21F2NO. The third kappa shape index (κ3) is 8.82. The third-order valence-electron chi connectivity index (χ3n) is 2.16. The summed E-state index contributed by atoms with van der Waals surface area (Å²) in [5.74, 6) is -1.36. The maximum absolute atomic E-state index is 12.2. The van der Waals surface area contributed by atoms with E-state index in [0.29, 0.717) is 6.54 Å². The zero-order valence-electron chi connectivity index (χ0n) is 11.2. The first kappa shape index (κ1) is 16.7. The Hall–Kier alpha value is -1.29. The molecule has 0 aliphatic heterocycles. The van der Waals surface area contributed by atoms with Crippen LogP contribution in [0.25, 0.3) is 0 Å². The fraction of sp³-hybridized carbons (Fsp3) is 0.500. The van der Waals surface area contributed by atoms with Gasteiger partial charge in [-0.15, -0.1) is 0 Å². The number of nitrogens with one attached hydrogen (secondary N) is 1. The van der Waals surface area contributed by atoms with Crippen molar-refractivity contribution in [1.29, 1.82) is 0 Å². The van der Waals surface area contributed by atoms with Gasteiger partial charge in [0.2, 0.25) is 0 Å². The predicted octanol–water partition coefficient (Wildman–Crippen LogP) is 3.24. The van der Waals surface area contributed by atoms with Crippen molar-refractivity contribution in [1.82, 2.24) is 5.32 Å². The lowest BCUT2D eigenvalue weighted by molar-refractivity contribution is -0.116. The molecular weight excluding hydrogens is 236 g/mol. The van der Waals surface area contributed by atoms with Crippen molar-refractivity contribution >= 4 is 5.78 Å². The Kier molecular flexibility index (Phi) is 9.01.